The highest BCUT2D eigenvalue weighted by molar-refractivity contribution is 8.02. The number of allylic oxidation sites excluding steroid dienone is 1. The maximum atomic E-state index is 8.24. The molecule has 0 aromatic heterocycles. The molecule has 0 aliphatic carbocycles. The van der Waals surface area contributed by atoms with E-state index < -0.39 is 0 Å². The third-order valence-corrected chi connectivity index (χ3v) is 1.50. The molecule has 2 N–H and O–H groups in total. The SMILES string of the molecule is CS/C(N)=C(\C)C#N. The molecule has 0 saturated heterocycles. The summed E-state index contributed by atoms with van der Waals surface area (Å²) in [5, 5.41) is 8.84. The molecule has 0 spiro atoms. The average molecular weight is 128 g/mol. The van der Waals surface area contributed by atoms with Crippen molar-refractivity contribution in [3.63, 3.8) is 0 Å². The van der Waals surface area contributed by atoms with Crippen molar-refractivity contribution in [1.29, 1.82) is 5.26 Å². The molecule has 0 heterocycles. The van der Waals surface area contributed by atoms with Gasteiger partial charge in [-0.05, 0) is 13.2 Å². The Morgan fingerprint density at radius 3 is 2.38 bits per heavy atom. The highest BCUT2D eigenvalue weighted by atomic mass is 32.2. The van der Waals surface area contributed by atoms with E-state index in [-0.39, 0.29) is 0 Å². The van der Waals surface area contributed by atoms with Crippen molar-refractivity contribution in [2.75, 3.05) is 6.26 Å². The van der Waals surface area contributed by atoms with Gasteiger partial charge in [-0.2, -0.15) is 5.26 Å². The first-order valence-corrected chi connectivity index (χ1v) is 3.35. The van der Waals surface area contributed by atoms with Gasteiger partial charge in [0.15, 0.2) is 0 Å². The summed E-state index contributed by atoms with van der Waals surface area (Å²) >= 11 is 1.39. The second kappa shape index (κ2) is 3.39. The van der Waals surface area contributed by atoms with E-state index in [1.165, 1.54) is 11.8 Å². The van der Waals surface area contributed by atoms with Crippen LogP contribution in [0.2, 0.25) is 0 Å². The normalized spacial score (nSPS) is 12.1. The van der Waals surface area contributed by atoms with E-state index in [1.54, 1.807) is 6.92 Å². The molecule has 0 rings (SSSR count). The quantitative estimate of drug-likeness (QED) is 0.537. The molecule has 0 amide bonds. The molecular weight excluding hydrogens is 120 g/mol. The Morgan fingerprint density at radius 1 is 1.75 bits per heavy atom. The Hall–Kier alpha value is -0.620. The molecule has 0 unspecified atom stereocenters. The first kappa shape index (κ1) is 7.38. The van der Waals surface area contributed by atoms with Crippen molar-refractivity contribution in [3.05, 3.63) is 10.6 Å². The second-order valence-electron chi connectivity index (χ2n) is 1.31. The summed E-state index contributed by atoms with van der Waals surface area (Å²) in [5.41, 5.74) is 5.94. The average Bonchev–Trinajstić information content (AvgIpc) is 1.84. The van der Waals surface area contributed by atoms with Crippen LogP contribution in [0.15, 0.2) is 10.6 Å². The van der Waals surface area contributed by atoms with Gasteiger partial charge in [0, 0.05) is 0 Å². The van der Waals surface area contributed by atoms with Crippen LogP contribution in [0.25, 0.3) is 0 Å². The predicted octanol–water partition coefficient (Wildman–Crippen LogP) is 1.06. The van der Waals surface area contributed by atoms with Gasteiger partial charge in [-0.25, -0.2) is 0 Å². The predicted molar refractivity (Wildman–Crippen MR) is 36.0 cm³/mol. The Morgan fingerprint density at radius 2 is 2.25 bits per heavy atom. The minimum atomic E-state index is 0.595. The molecule has 0 atom stereocenters. The molecule has 0 aromatic rings. The number of hydrogen-bond acceptors (Lipinski definition) is 3. The summed E-state index contributed by atoms with van der Waals surface area (Å²) in [7, 11) is 0. The lowest BCUT2D eigenvalue weighted by molar-refractivity contribution is 1.38. The fourth-order valence-corrected chi connectivity index (χ4v) is 0.560. The van der Waals surface area contributed by atoms with E-state index in [1.807, 2.05) is 12.3 Å². The zero-order valence-electron chi connectivity index (χ0n) is 4.93. The monoisotopic (exact) mass is 128 g/mol. The maximum absolute atomic E-state index is 8.24. The van der Waals surface area contributed by atoms with Crippen LogP contribution < -0.4 is 5.73 Å². The number of nitrogens with two attached hydrogens (primary N) is 1. The van der Waals surface area contributed by atoms with Crippen molar-refractivity contribution in [2.45, 2.75) is 6.92 Å². The fourth-order valence-electron chi connectivity index (χ4n) is 0.208. The van der Waals surface area contributed by atoms with Gasteiger partial charge in [0.05, 0.1) is 16.7 Å². The molecule has 8 heavy (non-hydrogen) atoms. The largest absolute Gasteiger partial charge is 0.393 e. The number of thioether (sulfide) groups is 1. The van der Waals surface area contributed by atoms with Crippen molar-refractivity contribution in [1.82, 2.24) is 0 Å². The molecule has 0 fully saturated rings. The van der Waals surface area contributed by atoms with Crippen molar-refractivity contribution >= 4 is 11.8 Å². The Kier molecular flexibility index (Phi) is 3.13. The lowest BCUT2D eigenvalue weighted by Gasteiger charge is -1.92. The van der Waals surface area contributed by atoms with Gasteiger partial charge in [0.1, 0.15) is 0 Å². The molecule has 0 aliphatic rings. The van der Waals surface area contributed by atoms with Crippen LogP contribution >= 0.6 is 11.8 Å². The zero-order valence-corrected chi connectivity index (χ0v) is 5.75. The molecule has 2 nitrogen and oxygen atoms in total. The van der Waals surface area contributed by atoms with Gasteiger partial charge in [0.25, 0.3) is 0 Å². The Labute approximate surface area is 53.4 Å². The number of rotatable bonds is 1. The number of nitriles is 1. The maximum Gasteiger partial charge on any atom is 0.0971 e. The van der Waals surface area contributed by atoms with Gasteiger partial charge in [-0.15, -0.1) is 11.8 Å². The Bertz CT molecular complexity index is 143. The third kappa shape index (κ3) is 1.90. The number of hydrogen-bond donors (Lipinski definition) is 1. The van der Waals surface area contributed by atoms with E-state index in [4.69, 9.17) is 11.0 Å². The van der Waals surface area contributed by atoms with Crippen LogP contribution in [0.1, 0.15) is 6.92 Å². The summed E-state index contributed by atoms with van der Waals surface area (Å²) in [4.78, 5) is 0. The van der Waals surface area contributed by atoms with Gasteiger partial charge in [0.2, 0.25) is 0 Å². The van der Waals surface area contributed by atoms with Crippen LogP contribution in [0, 0.1) is 11.3 Å². The van der Waals surface area contributed by atoms with Crippen molar-refractivity contribution in [3.8, 4) is 6.07 Å². The number of nitrogens with zero attached hydrogens (tertiary/aromatic N) is 1. The topological polar surface area (TPSA) is 49.8 Å². The van der Waals surface area contributed by atoms with E-state index in [0.717, 1.165) is 0 Å². The van der Waals surface area contributed by atoms with Crippen molar-refractivity contribution in [2.24, 2.45) is 5.73 Å². The third-order valence-electron chi connectivity index (χ3n) is 0.757. The highest BCUT2D eigenvalue weighted by Crippen LogP contribution is 2.07. The lowest BCUT2D eigenvalue weighted by atomic mass is 10.4. The van der Waals surface area contributed by atoms with E-state index in [0.29, 0.717) is 10.6 Å². The molecule has 0 radical (unpaired) electrons. The fraction of sp³-hybridized carbons (Fsp3) is 0.400. The van der Waals surface area contributed by atoms with Gasteiger partial charge < -0.3 is 5.73 Å². The second-order valence-corrected chi connectivity index (χ2v) is 2.15. The van der Waals surface area contributed by atoms with Crippen LogP contribution in [-0.2, 0) is 0 Å². The zero-order chi connectivity index (χ0) is 6.57. The van der Waals surface area contributed by atoms with E-state index in [2.05, 4.69) is 0 Å². The summed E-state index contributed by atoms with van der Waals surface area (Å²) in [5.74, 6) is 0. The summed E-state index contributed by atoms with van der Waals surface area (Å²) in [6, 6.07) is 1.95. The molecule has 44 valence electrons. The van der Waals surface area contributed by atoms with Gasteiger partial charge in [-0.1, -0.05) is 0 Å². The van der Waals surface area contributed by atoms with Gasteiger partial charge in [-0.3, -0.25) is 0 Å². The minimum Gasteiger partial charge on any atom is -0.393 e. The highest BCUT2D eigenvalue weighted by Gasteiger charge is 1.90. The molecule has 0 aliphatic heterocycles. The van der Waals surface area contributed by atoms with Crippen LogP contribution in [0.5, 0.6) is 0 Å². The first-order valence-electron chi connectivity index (χ1n) is 2.12. The molecule has 3 heteroatoms. The summed E-state index contributed by atoms with van der Waals surface area (Å²) in [6.45, 7) is 1.70. The molecule has 0 aromatic carbocycles. The van der Waals surface area contributed by atoms with Crippen molar-refractivity contribution < 1.29 is 0 Å². The van der Waals surface area contributed by atoms with E-state index >= 15 is 0 Å². The van der Waals surface area contributed by atoms with Crippen LogP contribution in [0.3, 0.4) is 0 Å². The summed E-state index contributed by atoms with van der Waals surface area (Å²) < 4.78 is 0. The standard InChI is InChI=1S/C5H8N2S/c1-4(3-6)5(7)8-2/h7H2,1-2H3/b5-4+. The van der Waals surface area contributed by atoms with Gasteiger partial charge >= 0.3 is 0 Å². The molecule has 0 saturated carbocycles. The molecular formula is C5H8N2S. The first-order chi connectivity index (χ1) is 3.72. The van der Waals surface area contributed by atoms with E-state index in [9.17, 15) is 0 Å². The Balaban J connectivity index is 4.10. The molecule has 0 bridgehead atoms. The van der Waals surface area contributed by atoms with Crippen LogP contribution in [0.4, 0.5) is 0 Å². The minimum absolute atomic E-state index is 0.595. The summed E-state index contributed by atoms with van der Waals surface area (Å²) in [6.07, 6.45) is 1.84. The smallest absolute Gasteiger partial charge is 0.0971 e. The van der Waals surface area contributed by atoms with Crippen LogP contribution in [-0.4, -0.2) is 6.26 Å². The lowest BCUT2D eigenvalue weighted by Crippen LogP contribution is -1.93.